The van der Waals surface area contributed by atoms with Gasteiger partial charge in [0.1, 0.15) is 0 Å². The predicted octanol–water partition coefficient (Wildman–Crippen LogP) is 2.95. The molecule has 1 aliphatic heterocycles. The SMILES string of the molecule is CCOC(=O)C1=C(CSc2nnc(-c3cccs3)n2C2CC2)NC(=O)NC1C. The number of thioether (sulfide) groups is 1. The molecule has 2 aliphatic rings. The van der Waals surface area contributed by atoms with E-state index in [9.17, 15) is 9.59 Å². The Balaban J connectivity index is 1.60. The number of carbonyl (C=O) groups is 2. The average Bonchev–Trinajstić information content (AvgIpc) is 3.17. The highest BCUT2D eigenvalue weighted by molar-refractivity contribution is 7.99. The predicted molar refractivity (Wildman–Crippen MR) is 107 cm³/mol. The lowest BCUT2D eigenvalue weighted by Crippen LogP contribution is -2.49. The van der Waals surface area contributed by atoms with Gasteiger partial charge in [-0.05, 0) is 38.1 Å². The average molecular weight is 420 g/mol. The van der Waals surface area contributed by atoms with Crippen LogP contribution in [0.15, 0.2) is 33.9 Å². The third-order valence-corrected chi connectivity index (χ3v) is 6.36. The van der Waals surface area contributed by atoms with Crippen LogP contribution < -0.4 is 10.6 Å². The molecule has 10 heteroatoms. The van der Waals surface area contributed by atoms with Crippen LogP contribution in [0.5, 0.6) is 0 Å². The molecule has 0 bridgehead atoms. The third-order valence-electron chi connectivity index (χ3n) is 4.53. The lowest BCUT2D eigenvalue weighted by Gasteiger charge is -2.26. The minimum Gasteiger partial charge on any atom is -0.463 e. The Kier molecular flexibility index (Phi) is 5.40. The fourth-order valence-corrected chi connectivity index (χ4v) is 4.82. The van der Waals surface area contributed by atoms with Crippen LogP contribution in [0.25, 0.3) is 10.7 Å². The molecular formula is C18H21N5O3S2. The Morgan fingerprint density at radius 1 is 1.43 bits per heavy atom. The summed E-state index contributed by atoms with van der Waals surface area (Å²) in [4.78, 5) is 25.4. The van der Waals surface area contributed by atoms with E-state index in [2.05, 4.69) is 25.4 Å². The molecule has 2 N–H and O–H groups in total. The summed E-state index contributed by atoms with van der Waals surface area (Å²) in [6, 6.07) is 3.72. The first-order chi connectivity index (χ1) is 13.6. The number of rotatable bonds is 7. The van der Waals surface area contributed by atoms with Crippen LogP contribution in [0.3, 0.4) is 0 Å². The first-order valence-electron chi connectivity index (χ1n) is 9.17. The zero-order valence-corrected chi connectivity index (χ0v) is 17.2. The molecule has 2 aromatic rings. The molecule has 1 saturated carbocycles. The smallest absolute Gasteiger partial charge is 0.337 e. The van der Waals surface area contributed by atoms with E-state index < -0.39 is 12.0 Å². The Morgan fingerprint density at radius 3 is 2.93 bits per heavy atom. The summed E-state index contributed by atoms with van der Waals surface area (Å²) in [5.74, 6) is 0.865. The molecule has 0 spiro atoms. The van der Waals surface area contributed by atoms with Crippen molar-refractivity contribution >= 4 is 35.1 Å². The van der Waals surface area contributed by atoms with Crippen LogP contribution >= 0.6 is 23.1 Å². The molecule has 0 radical (unpaired) electrons. The number of nitrogens with one attached hydrogen (secondary N) is 2. The van der Waals surface area contributed by atoms with Gasteiger partial charge in [-0.2, -0.15) is 0 Å². The number of carbonyl (C=O) groups excluding carboxylic acids is 2. The van der Waals surface area contributed by atoms with Crippen molar-refractivity contribution in [3.8, 4) is 10.7 Å². The summed E-state index contributed by atoms with van der Waals surface area (Å²) in [5.41, 5.74) is 1.01. The highest BCUT2D eigenvalue weighted by Gasteiger charge is 2.32. The van der Waals surface area contributed by atoms with Crippen molar-refractivity contribution in [1.82, 2.24) is 25.4 Å². The molecule has 0 saturated heterocycles. The first kappa shape index (κ1) is 19.0. The van der Waals surface area contributed by atoms with Crippen LogP contribution in [-0.4, -0.2) is 45.2 Å². The molecule has 1 aliphatic carbocycles. The number of ether oxygens (including phenoxy) is 1. The molecule has 1 atom stereocenters. The van der Waals surface area contributed by atoms with Gasteiger partial charge in [-0.1, -0.05) is 17.8 Å². The monoisotopic (exact) mass is 419 g/mol. The number of nitrogens with zero attached hydrogens (tertiary/aromatic N) is 3. The molecule has 28 heavy (non-hydrogen) atoms. The van der Waals surface area contributed by atoms with E-state index in [1.165, 1.54) is 11.8 Å². The van der Waals surface area contributed by atoms with Crippen LogP contribution in [-0.2, 0) is 9.53 Å². The molecule has 0 aromatic carbocycles. The standard InChI is InChI=1S/C18H21N5O3S2/c1-3-26-16(24)14-10(2)19-17(25)20-12(14)9-28-18-22-21-15(13-5-4-8-27-13)23(18)11-6-7-11/h4-5,8,10-11H,3,6-7,9H2,1-2H3,(H2,19,20,25). The maximum atomic E-state index is 12.4. The maximum absolute atomic E-state index is 12.4. The van der Waals surface area contributed by atoms with Crippen molar-refractivity contribution in [2.24, 2.45) is 0 Å². The van der Waals surface area contributed by atoms with Gasteiger partial charge >= 0.3 is 12.0 Å². The van der Waals surface area contributed by atoms with Gasteiger partial charge in [0.25, 0.3) is 0 Å². The van der Waals surface area contributed by atoms with Gasteiger partial charge in [0.15, 0.2) is 11.0 Å². The van der Waals surface area contributed by atoms with Gasteiger partial charge in [-0.15, -0.1) is 21.5 Å². The second-order valence-corrected chi connectivity index (χ2v) is 8.50. The van der Waals surface area contributed by atoms with E-state index in [0.717, 1.165) is 28.7 Å². The second-order valence-electron chi connectivity index (χ2n) is 6.61. The molecular weight excluding hydrogens is 398 g/mol. The van der Waals surface area contributed by atoms with Crippen LogP contribution in [0.4, 0.5) is 4.79 Å². The van der Waals surface area contributed by atoms with Gasteiger partial charge in [-0.3, -0.25) is 4.57 Å². The number of thiophene rings is 1. The summed E-state index contributed by atoms with van der Waals surface area (Å²) in [7, 11) is 0. The number of urea groups is 1. The van der Waals surface area contributed by atoms with Gasteiger partial charge in [0, 0.05) is 17.5 Å². The van der Waals surface area contributed by atoms with Crippen molar-refractivity contribution in [1.29, 1.82) is 0 Å². The van der Waals surface area contributed by atoms with Gasteiger partial charge in [0.05, 0.1) is 23.1 Å². The lowest BCUT2D eigenvalue weighted by molar-refractivity contribution is -0.138. The number of hydrogen-bond donors (Lipinski definition) is 2. The number of aromatic nitrogens is 3. The fourth-order valence-electron chi connectivity index (χ4n) is 3.14. The highest BCUT2D eigenvalue weighted by atomic mass is 32.2. The molecule has 1 fully saturated rings. The number of esters is 1. The minimum absolute atomic E-state index is 0.281. The van der Waals surface area contributed by atoms with Crippen LogP contribution in [0.1, 0.15) is 32.7 Å². The largest absolute Gasteiger partial charge is 0.463 e. The zero-order valence-electron chi connectivity index (χ0n) is 15.6. The minimum atomic E-state index is -0.416. The van der Waals surface area contributed by atoms with E-state index >= 15 is 0 Å². The third kappa shape index (κ3) is 3.79. The normalized spacial score (nSPS) is 19.4. The Labute approximate surface area is 170 Å². The zero-order chi connectivity index (χ0) is 19.7. The Bertz CT molecular complexity index is 918. The topological polar surface area (TPSA) is 98.1 Å². The molecule has 148 valence electrons. The fraction of sp³-hybridized carbons (Fsp3) is 0.444. The molecule has 4 rings (SSSR count). The number of amides is 2. The summed E-state index contributed by atoms with van der Waals surface area (Å²) in [6.07, 6.45) is 2.22. The van der Waals surface area contributed by atoms with E-state index in [1.807, 2.05) is 17.5 Å². The van der Waals surface area contributed by atoms with Crippen molar-refractivity contribution in [3.05, 3.63) is 28.8 Å². The molecule has 8 nitrogen and oxygen atoms in total. The van der Waals surface area contributed by atoms with Crippen molar-refractivity contribution < 1.29 is 14.3 Å². The van der Waals surface area contributed by atoms with E-state index in [-0.39, 0.29) is 12.6 Å². The van der Waals surface area contributed by atoms with Gasteiger partial charge < -0.3 is 15.4 Å². The van der Waals surface area contributed by atoms with Gasteiger partial charge in [0.2, 0.25) is 0 Å². The molecule has 2 amide bonds. The van der Waals surface area contributed by atoms with Crippen molar-refractivity contribution in [3.63, 3.8) is 0 Å². The van der Waals surface area contributed by atoms with E-state index in [1.54, 1.807) is 25.2 Å². The van der Waals surface area contributed by atoms with E-state index in [0.29, 0.717) is 23.1 Å². The summed E-state index contributed by atoms with van der Waals surface area (Å²) >= 11 is 3.11. The van der Waals surface area contributed by atoms with Crippen molar-refractivity contribution in [2.75, 3.05) is 12.4 Å². The quantitative estimate of drug-likeness (QED) is 0.529. The highest BCUT2D eigenvalue weighted by Crippen LogP contribution is 2.42. The number of hydrogen-bond acceptors (Lipinski definition) is 7. The maximum Gasteiger partial charge on any atom is 0.337 e. The molecule has 2 aromatic heterocycles. The summed E-state index contributed by atoms with van der Waals surface area (Å²) < 4.78 is 7.34. The van der Waals surface area contributed by atoms with E-state index in [4.69, 9.17) is 4.74 Å². The van der Waals surface area contributed by atoms with Crippen LogP contribution in [0, 0.1) is 0 Å². The lowest BCUT2D eigenvalue weighted by atomic mass is 10.1. The van der Waals surface area contributed by atoms with Crippen LogP contribution in [0.2, 0.25) is 0 Å². The molecule has 3 heterocycles. The Morgan fingerprint density at radius 2 is 2.25 bits per heavy atom. The summed E-state index contributed by atoms with van der Waals surface area (Å²) in [6.45, 7) is 3.82. The summed E-state index contributed by atoms with van der Waals surface area (Å²) in [5, 5.41) is 17.1. The first-order valence-corrected chi connectivity index (χ1v) is 11.0. The van der Waals surface area contributed by atoms with Crippen molar-refractivity contribution in [2.45, 2.75) is 43.9 Å². The van der Waals surface area contributed by atoms with Gasteiger partial charge in [-0.25, -0.2) is 9.59 Å². The second kappa shape index (κ2) is 7.96. The molecule has 1 unspecified atom stereocenters. The Hall–Kier alpha value is -2.33.